The molecule has 0 aliphatic rings. The molecule has 0 unspecified atom stereocenters. The molecule has 1 aromatic carbocycles. The SMILES string of the molecule is CN(CC(=O)Nc1ccc(C#N)cc1)CC(F)(F)F. The predicted octanol–water partition coefficient (Wildman–Crippen LogP) is 1.99. The van der Waals surface area contributed by atoms with E-state index < -0.39 is 18.6 Å². The first kappa shape index (κ1) is 15.0. The average molecular weight is 271 g/mol. The van der Waals surface area contributed by atoms with Crippen LogP contribution in [0, 0.1) is 11.3 Å². The highest BCUT2D eigenvalue weighted by atomic mass is 19.4. The van der Waals surface area contributed by atoms with E-state index in [2.05, 4.69) is 5.32 Å². The smallest absolute Gasteiger partial charge is 0.325 e. The number of likely N-dealkylation sites (N-methyl/N-ethyl adjacent to an activating group) is 1. The second-order valence-electron chi connectivity index (χ2n) is 4.02. The van der Waals surface area contributed by atoms with Crippen LogP contribution in [-0.2, 0) is 4.79 Å². The molecule has 102 valence electrons. The number of rotatable bonds is 4. The Morgan fingerprint density at radius 3 is 2.42 bits per heavy atom. The zero-order valence-electron chi connectivity index (χ0n) is 10.2. The maximum atomic E-state index is 12.1. The minimum atomic E-state index is -4.33. The van der Waals surface area contributed by atoms with Gasteiger partial charge in [-0.25, -0.2) is 0 Å². The molecule has 1 N–H and O–H groups in total. The molecular formula is C12H12F3N3O. The molecule has 4 nitrogen and oxygen atoms in total. The normalized spacial score (nSPS) is 11.2. The van der Waals surface area contributed by atoms with E-state index in [1.807, 2.05) is 6.07 Å². The van der Waals surface area contributed by atoms with Crippen LogP contribution in [0.15, 0.2) is 24.3 Å². The predicted molar refractivity (Wildman–Crippen MR) is 63.3 cm³/mol. The van der Waals surface area contributed by atoms with Crippen molar-refractivity contribution in [3.05, 3.63) is 29.8 Å². The molecule has 0 aliphatic heterocycles. The maximum absolute atomic E-state index is 12.1. The fraction of sp³-hybridized carbons (Fsp3) is 0.333. The Kier molecular flexibility index (Phi) is 4.89. The third-order valence-corrected chi connectivity index (χ3v) is 2.16. The third kappa shape index (κ3) is 5.88. The summed E-state index contributed by atoms with van der Waals surface area (Å²) in [6.07, 6.45) is -4.33. The molecule has 0 aliphatic carbocycles. The van der Waals surface area contributed by atoms with E-state index in [4.69, 9.17) is 5.26 Å². The average Bonchev–Trinajstić information content (AvgIpc) is 2.27. The van der Waals surface area contributed by atoms with E-state index in [0.29, 0.717) is 11.3 Å². The number of hydrogen-bond acceptors (Lipinski definition) is 3. The lowest BCUT2D eigenvalue weighted by atomic mass is 10.2. The van der Waals surface area contributed by atoms with Crippen LogP contribution >= 0.6 is 0 Å². The highest BCUT2D eigenvalue weighted by Crippen LogP contribution is 2.15. The van der Waals surface area contributed by atoms with Crippen LogP contribution < -0.4 is 5.32 Å². The first-order valence-electron chi connectivity index (χ1n) is 5.35. The van der Waals surface area contributed by atoms with Crippen LogP contribution in [-0.4, -0.2) is 37.1 Å². The molecule has 0 saturated carbocycles. The van der Waals surface area contributed by atoms with Crippen molar-refractivity contribution in [3.63, 3.8) is 0 Å². The quantitative estimate of drug-likeness (QED) is 0.911. The van der Waals surface area contributed by atoms with E-state index >= 15 is 0 Å². The van der Waals surface area contributed by atoms with E-state index in [1.165, 1.54) is 31.3 Å². The van der Waals surface area contributed by atoms with Gasteiger partial charge in [-0.3, -0.25) is 9.69 Å². The second kappa shape index (κ2) is 6.20. The van der Waals surface area contributed by atoms with Crippen LogP contribution in [0.1, 0.15) is 5.56 Å². The van der Waals surface area contributed by atoms with Crippen molar-refractivity contribution in [2.45, 2.75) is 6.18 Å². The molecule has 19 heavy (non-hydrogen) atoms. The summed E-state index contributed by atoms with van der Waals surface area (Å²) in [5.41, 5.74) is 0.872. The van der Waals surface area contributed by atoms with Crippen LogP contribution in [0.3, 0.4) is 0 Å². The lowest BCUT2D eigenvalue weighted by Gasteiger charge is -2.17. The van der Waals surface area contributed by atoms with Crippen LogP contribution in [0.5, 0.6) is 0 Å². The fourth-order valence-electron chi connectivity index (χ4n) is 1.44. The van der Waals surface area contributed by atoms with Gasteiger partial charge < -0.3 is 5.32 Å². The Hall–Kier alpha value is -2.07. The number of nitrogens with one attached hydrogen (secondary N) is 1. The van der Waals surface area contributed by atoms with Crippen molar-refractivity contribution in [2.24, 2.45) is 0 Å². The van der Waals surface area contributed by atoms with Gasteiger partial charge in [0.15, 0.2) is 0 Å². The number of halogens is 3. The lowest BCUT2D eigenvalue weighted by molar-refractivity contribution is -0.145. The summed E-state index contributed by atoms with van der Waals surface area (Å²) in [6.45, 7) is -1.51. The first-order chi connectivity index (χ1) is 8.80. The number of carbonyl (C=O) groups excluding carboxylic acids is 1. The number of hydrogen-bond donors (Lipinski definition) is 1. The summed E-state index contributed by atoms with van der Waals surface area (Å²) in [4.78, 5) is 12.4. The number of nitriles is 1. The number of nitrogens with zero attached hydrogens (tertiary/aromatic N) is 2. The summed E-state index contributed by atoms with van der Waals surface area (Å²) in [7, 11) is 1.21. The first-order valence-corrected chi connectivity index (χ1v) is 5.35. The number of anilines is 1. The van der Waals surface area contributed by atoms with Crippen molar-refractivity contribution in [1.82, 2.24) is 4.90 Å². The standard InChI is InChI=1S/C12H12F3N3O/c1-18(8-12(13,14)15)7-11(19)17-10-4-2-9(6-16)3-5-10/h2-5H,7-8H2,1H3,(H,17,19). The molecule has 0 aromatic heterocycles. The van der Waals surface area contributed by atoms with Gasteiger partial charge in [-0.1, -0.05) is 0 Å². The molecule has 0 radical (unpaired) electrons. The van der Waals surface area contributed by atoms with Crippen molar-refractivity contribution in [2.75, 3.05) is 25.5 Å². The minimum Gasteiger partial charge on any atom is -0.325 e. The molecule has 0 bridgehead atoms. The molecule has 1 rings (SSSR count). The van der Waals surface area contributed by atoms with Gasteiger partial charge in [0.2, 0.25) is 5.91 Å². The van der Waals surface area contributed by atoms with Crippen molar-refractivity contribution in [3.8, 4) is 6.07 Å². The molecule has 0 spiro atoms. The molecule has 1 aromatic rings. The highest BCUT2D eigenvalue weighted by molar-refractivity contribution is 5.92. The van der Waals surface area contributed by atoms with Gasteiger partial charge >= 0.3 is 6.18 Å². The molecule has 0 saturated heterocycles. The van der Waals surface area contributed by atoms with Crippen molar-refractivity contribution >= 4 is 11.6 Å². The van der Waals surface area contributed by atoms with E-state index in [1.54, 1.807) is 0 Å². The Morgan fingerprint density at radius 1 is 1.37 bits per heavy atom. The van der Waals surface area contributed by atoms with Gasteiger partial charge in [-0.15, -0.1) is 0 Å². The van der Waals surface area contributed by atoms with Gasteiger partial charge in [0, 0.05) is 5.69 Å². The maximum Gasteiger partial charge on any atom is 0.401 e. The summed E-state index contributed by atoms with van der Waals surface area (Å²) in [5, 5.41) is 11.0. The van der Waals surface area contributed by atoms with Gasteiger partial charge in [0.1, 0.15) is 0 Å². The van der Waals surface area contributed by atoms with E-state index in [-0.39, 0.29) is 6.54 Å². The molecule has 0 atom stereocenters. The zero-order valence-corrected chi connectivity index (χ0v) is 10.2. The lowest BCUT2D eigenvalue weighted by Crippen LogP contribution is -2.36. The van der Waals surface area contributed by atoms with Gasteiger partial charge in [0.25, 0.3) is 0 Å². The van der Waals surface area contributed by atoms with Gasteiger partial charge in [-0.05, 0) is 31.3 Å². The molecule has 1 amide bonds. The minimum absolute atomic E-state index is 0.362. The van der Waals surface area contributed by atoms with Crippen molar-refractivity contribution in [1.29, 1.82) is 5.26 Å². The van der Waals surface area contributed by atoms with Crippen LogP contribution in [0.2, 0.25) is 0 Å². The van der Waals surface area contributed by atoms with E-state index in [9.17, 15) is 18.0 Å². The Morgan fingerprint density at radius 2 is 1.95 bits per heavy atom. The Labute approximate surface area is 108 Å². The monoisotopic (exact) mass is 271 g/mol. The summed E-state index contributed by atoms with van der Waals surface area (Å²) >= 11 is 0. The highest BCUT2D eigenvalue weighted by Gasteiger charge is 2.29. The molecule has 0 fully saturated rings. The van der Waals surface area contributed by atoms with Crippen molar-refractivity contribution < 1.29 is 18.0 Å². The molecule has 7 heteroatoms. The summed E-state index contributed by atoms with van der Waals surface area (Å²) in [6, 6.07) is 7.97. The Balaban J connectivity index is 2.49. The Bertz CT molecular complexity index is 476. The number of carbonyl (C=O) groups is 1. The van der Waals surface area contributed by atoms with Crippen LogP contribution in [0.25, 0.3) is 0 Å². The molecule has 0 heterocycles. The van der Waals surface area contributed by atoms with Gasteiger partial charge in [-0.2, -0.15) is 18.4 Å². The fourth-order valence-corrected chi connectivity index (χ4v) is 1.44. The van der Waals surface area contributed by atoms with E-state index in [0.717, 1.165) is 4.90 Å². The number of alkyl halides is 3. The zero-order chi connectivity index (χ0) is 14.5. The second-order valence-corrected chi connectivity index (χ2v) is 4.02. The van der Waals surface area contributed by atoms with Crippen LogP contribution in [0.4, 0.5) is 18.9 Å². The largest absolute Gasteiger partial charge is 0.401 e. The molecular weight excluding hydrogens is 259 g/mol. The topological polar surface area (TPSA) is 56.1 Å². The summed E-state index contributed by atoms with van der Waals surface area (Å²) in [5.74, 6) is -0.545. The number of amides is 1. The third-order valence-electron chi connectivity index (χ3n) is 2.16. The number of benzene rings is 1. The summed E-state index contributed by atoms with van der Waals surface area (Å²) < 4.78 is 36.2. The van der Waals surface area contributed by atoms with Gasteiger partial charge in [0.05, 0.1) is 24.7 Å².